The SMILES string of the molecule is CCC(CC1(N)CC1)C1C2CC3CC(C2)CC1C3. The van der Waals surface area contributed by atoms with E-state index < -0.39 is 0 Å². The summed E-state index contributed by atoms with van der Waals surface area (Å²) in [4.78, 5) is 0. The lowest BCUT2D eigenvalue weighted by Crippen LogP contribution is -2.48. The molecule has 0 saturated heterocycles. The Morgan fingerprint density at radius 2 is 1.56 bits per heavy atom. The molecule has 0 aromatic rings. The molecule has 1 nitrogen and oxygen atoms in total. The van der Waals surface area contributed by atoms with E-state index in [1.165, 1.54) is 25.7 Å². The van der Waals surface area contributed by atoms with E-state index in [1.807, 2.05) is 0 Å². The van der Waals surface area contributed by atoms with Gasteiger partial charge in [0.25, 0.3) is 0 Å². The Balaban J connectivity index is 1.52. The Bertz CT molecular complexity index is 303. The molecule has 18 heavy (non-hydrogen) atoms. The van der Waals surface area contributed by atoms with Crippen LogP contribution in [0.3, 0.4) is 0 Å². The minimum atomic E-state index is 0.273. The summed E-state index contributed by atoms with van der Waals surface area (Å²) in [6, 6.07) is 0. The van der Waals surface area contributed by atoms with Crippen LogP contribution in [0.4, 0.5) is 0 Å². The maximum Gasteiger partial charge on any atom is 0.0158 e. The zero-order chi connectivity index (χ0) is 12.3. The third kappa shape index (κ3) is 1.85. The van der Waals surface area contributed by atoms with Gasteiger partial charge in [-0.05, 0) is 86.9 Å². The summed E-state index contributed by atoms with van der Waals surface area (Å²) in [7, 11) is 0. The Morgan fingerprint density at radius 1 is 1.00 bits per heavy atom. The molecule has 1 unspecified atom stereocenters. The number of nitrogens with two attached hydrogens (primary N) is 1. The van der Waals surface area contributed by atoms with E-state index >= 15 is 0 Å². The van der Waals surface area contributed by atoms with Crippen molar-refractivity contribution in [1.82, 2.24) is 0 Å². The standard InChI is InChI=1S/C17H29N/c1-2-13(10-17(18)3-4-17)16-14-6-11-5-12(8-14)9-15(16)7-11/h11-16H,2-10,18H2,1H3. The molecule has 0 amide bonds. The van der Waals surface area contributed by atoms with Gasteiger partial charge in [-0.2, -0.15) is 0 Å². The molecule has 0 aromatic heterocycles. The fourth-order valence-corrected chi connectivity index (χ4v) is 6.18. The first-order chi connectivity index (χ1) is 8.67. The molecule has 0 aromatic carbocycles. The highest BCUT2D eigenvalue weighted by Gasteiger charge is 2.51. The van der Waals surface area contributed by atoms with E-state index in [9.17, 15) is 0 Å². The van der Waals surface area contributed by atoms with Crippen LogP contribution >= 0.6 is 0 Å². The van der Waals surface area contributed by atoms with Crippen molar-refractivity contribution in [2.24, 2.45) is 41.2 Å². The Morgan fingerprint density at radius 3 is 2.00 bits per heavy atom. The Labute approximate surface area is 112 Å². The van der Waals surface area contributed by atoms with E-state index in [2.05, 4.69) is 6.92 Å². The largest absolute Gasteiger partial charge is 0.325 e. The fraction of sp³-hybridized carbons (Fsp3) is 1.00. The second-order valence-corrected chi connectivity index (χ2v) is 8.24. The molecule has 0 radical (unpaired) electrons. The van der Waals surface area contributed by atoms with Gasteiger partial charge in [0, 0.05) is 5.54 Å². The van der Waals surface area contributed by atoms with Crippen LogP contribution in [0.5, 0.6) is 0 Å². The molecule has 1 atom stereocenters. The maximum absolute atomic E-state index is 6.42. The van der Waals surface area contributed by atoms with Crippen molar-refractivity contribution < 1.29 is 0 Å². The van der Waals surface area contributed by atoms with E-state index in [-0.39, 0.29) is 5.54 Å². The molecule has 4 bridgehead atoms. The van der Waals surface area contributed by atoms with Gasteiger partial charge in [0.15, 0.2) is 0 Å². The fourth-order valence-electron chi connectivity index (χ4n) is 6.18. The van der Waals surface area contributed by atoms with Gasteiger partial charge >= 0.3 is 0 Å². The summed E-state index contributed by atoms with van der Waals surface area (Å²) in [5, 5.41) is 0. The average molecular weight is 247 g/mol. The van der Waals surface area contributed by atoms with Crippen molar-refractivity contribution in [2.75, 3.05) is 0 Å². The van der Waals surface area contributed by atoms with Gasteiger partial charge in [-0.3, -0.25) is 0 Å². The van der Waals surface area contributed by atoms with Gasteiger partial charge in [-0.25, -0.2) is 0 Å². The van der Waals surface area contributed by atoms with Crippen LogP contribution < -0.4 is 5.73 Å². The van der Waals surface area contributed by atoms with Gasteiger partial charge in [-0.1, -0.05) is 13.3 Å². The van der Waals surface area contributed by atoms with Crippen molar-refractivity contribution >= 4 is 0 Å². The predicted octanol–water partition coefficient (Wildman–Crippen LogP) is 3.97. The molecule has 5 aliphatic carbocycles. The topological polar surface area (TPSA) is 26.0 Å². The second kappa shape index (κ2) is 3.98. The van der Waals surface area contributed by atoms with Crippen molar-refractivity contribution in [3.8, 4) is 0 Å². The lowest BCUT2D eigenvalue weighted by Gasteiger charge is -2.57. The monoisotopic (exact) mass is 247 g/mol. The molecule has 0 spiro atoms. The Kier molecular flexibility index (Phi) is 2.60. The maximum atomic E-state index is 6.42. The summed E-state index contributed by atoms with van der Waals surface area (Å²) in [6.07, 6.45) is 13.2. The Hall–Kier alpha value is -0.0400. The van der Waals surface area contributed by atoms with Crippen molar-refractivity contribution in [3.05, 3.63) is 0 Å². The van der Waals surface area contributed by atoms with Crippen LogP contribution in [-0.2, 0) is 0 Å². The molecule has 102 valence electrons. The summed E-state index contributed by atoms with van der Waals surface area (Å²) in [5.41, 5.74) is 6.69. The number of hydrogen-bond acceptors (Lipinski definition) is 1. The van der Waals surface area contributed by atoms with Crippen molar-refractivity contribution in [3.63, 3.8) is 0 Å². The zero-order valence-electron chi connectivity index (χ0n) is 11.9. The number of rotatable bonds is 4. The highest BCUT2D eigenvalue weighted by molar-refractivity contribution is 5.04. The number of hydrogen-bond donors (Lipinski definition) is 1. The van der Waals surface area contributed by atoms with Gasteiger partial charge in [0.2, 0.25) is 0 Å². The highest BCUT2D eigenvalue weighted by Crippen LogP contribution is 2.60. The van der Waals surface area contributed by atoms with Gasteiger partial charge < -0.3 is 5.73 Å². The minimum absolute atomic E-state index is 0.273. The quantitative estimate of drug-likeness (QED) is 0.799. The molecule has 0 aliphatic heterocycles. The third-order valence-electron chi connectivity index (χ3n) is 6.93. The van der Waals surface area contributed by atoms with Gasteiger partial charge in [0.1, 0.15) is 0 Å². The molecular weight excluding hydrogens is 218 g/mol. The van der Waals surface area contributed by atoms with E-state index in [0.717, 1.165) is 35.5 Å². The van der Waals surface area contributed by atoms with Crippen LogP contribution in [0, 0.1) is 35.5 Å². The van der Waals surface area contributed by atoms with Gasteiger partial charge in [-0.15, -0.1) is 0 Å². The van der Waals surface area contributed by atoms with E-state index in [4.69, 9.17) is 5.73 Å². The smallest absolute Gasteiger partial charge is 0.0158 e. The molecule has 0 heterocycles. The second-order valence-electron chi connectivity index (χ2n) is 8.24. The molecular formula is C17H29N. The average Bonchev–Trinajstić information content (AvgIpc) is 3.04. The van der Waals surface area contributed by atoms with Crippen molar-refractivity contribution in [2.45, 2.75) is 70.3 Å². The molecule has 5 fully saturated rings. The first-order valence-corrected chi connectivity index (χ1v) is 8.46. The first-order valence-electron chi connectivity index (χ1n) is 8.46. The summed E-state index contributed by atoms with van der Waals surface area (Å²) < 4.78 is 0. The summed E-state index contributed by atoms with van der Waals surface area (Å²) in [6.45, 7) is 2.42. The first kappa shape index (κ1) is 11.8. The van der Waals surface area contributed by atoms with Crippen molar-refractivity contribution in [1.29, 1.82) is 0 Å². The summed E-state index contributed by atoms with van der Waals surface area (Å²) >= 11 is 0. The lowest BCUT2D eigenvalue weighted by atomic mass is 9.49. The normalized spacial score (nSPS) is 49.3. The van der Waals surface area contributed by atoms with Crippen LogP contribution in [0.25, 0.3) is 0 Å². The molecule has 5 saturated carbocycles. The third-order valence-corrected chi connectivity index (χ3v) is 6.93. The van der Waals surface area contributed by atoms with E-state index in [1.54, 1.807) is 32.1 Å². The van der Waals surface area contributed by atoms with Gasteiger partial charge in [0.05, 0.1) is 0 Å². The predicted molar refractivity (Wildman–Crippen MR) is 75.1 cm³/mol. The summed E-state index contributed by atoms with van der Waals surface area (Å²) in [5.74, 6) is 6.43. The molecule has 5 rings (SSSR count). The highest BCUT2D eigenvalue weighted by atomic mass is 14.8. The molecule has 1 heteroatoms. The van der Waals surface area contributed by atoms with Crippen LogP contribution in [0.15, 0.2) is 0 Å². The van der Waals surface area contributed by atoms with E-state index in [0.29, 0.717) is 0 Å². The zero-order valence-corrected chi connectivity index (χ0v) is 11.9. The molecule has 5 aliphatic rings. The lowest BCUT2D eigenvalue weighted by molar-refractivity contribution is -0.0652. The molecule has 2 N–H and O–H groups in total. The van der Waals surface area contributed by atoms with Crippen LogP contribution in [0.1, 0.15) is 64.7 Å². The van der Waals surface area contributed by atoms with Crippen LogP contribution in [-0.4, -0.2) is 5.54 Å². The van der Waals surface area contributed by atoms with Crippen LogP contribution in [0.2, 0.25) is 0 Å². The minimum Gasteiger partial charge on any atom is -0.325 e.